The Balaban J connectivity index is 1.58. The van der Waals surface area contributed by atoms with Crippen LogP contribution in [0, 0.1) is 18.8 Å². The first-order chi connectivity index (χ1) is 14.4. The predicted octanol–water partition coefficient (Wildman–Crippen LogP) is 3.50. The van der Waals surface area contributed by atoms with Gasteiger partial charge in [0.05, 0.1) is 17.7 Å². The summed E-state index contributed by atoms with van der Waals surface area (Å²) in [7, 11) is -2.38. The van der Waals surface area contributed by atoms with Gasteiger partial charge in [0.25, 0.3) is 10.0 Å². The fraction of sp³-hybridized carbons (Fsp3) is 0.435. The first kappa shape index (κ1) is 20.7. The zero-order chi connectivity index (χ0) is 21.3. The molecule has 0 heterocycles. The van der Waals surface area contributed by atoms with Gasteiger partial charge in [-0.1, -0.05) is 24.1 Å². The number of rotatable bonds is 7. The summed E-state index contributed by atoms with van der Waals surface area (Å²) in [6.07, 6.45) is 4.59. The highest BCUT2D eigenvalue weighted by molar-refractivity contribution is 7.92. The lowest BCUT2D eigenvalue weighted by Crippen LogP contribution is -2.46. The molecule has 1 amide bonds. The van der Waals surface area contributed by atoms with E-state index in [9.17, 15) is 13.2 Å². The Bertz CT molecular complexity index is 1000. The van der Waals surface area contributed by atoms with Gasteiger partial charge in [-0.25, -0.2) is 8.42 Å². The van der Waals surface area contributed by atoms with Crippen LogP contribution in [-0.2, 0) is 14.8 Å². The minimum Gasteiger partial charge on any atom is -0.497 e. The summed E-state index contributed by atoms with van der Waals surface area (Å²) in [5.74, 6) is 1.55. The van der Waals surface area contributed by atoms with Gasteiger partial charge in [-0.3, -0.25) is 9.10 Å². The van der Waals surface area contributed by atoms with Gasteiger partial charge in [-0.05, 0) is 74.4 Å². The van der Waals surface area contributed by atoms with Gasteiger partial charge in [0.15, 0.2) is 0 Å². The number of nitrogens with zero attached hydrogens (tertiary/aromatic N) is 1. The Hall–Kier alpha value is -2.54. The van der Waals surface area contributed by atoms with Gasteiger partial charge in [0, 0.05) is 6.04 Å². The third-order valence-corrected chi connectivity index (χ3v) is 8.13. The first-order valence-electron chi connectivity index (χ1n) is 10.4. The molecule has 2 fully saturated rings. The van der Waals surface area contributed by atoms with Crippen molar-refractivity contribution in [2.45, 2.75) is 43.5 Å². The lowest BCUT2D eigenvalue weighted by molar-refractivity contribution is -0.120. The van der Waals surface area contributed by atoms with Crippen molar-refractivity contribution in [2.75, 3.05) is 18.0 Å². The van der Waals surface area contributed by atoms with Crippen LogP contribution in [0.4, 0.5) is 5.69 Å². The number of hydrogen-bond donors (Lipinski definition) is 1. The third kappa shape index (κ3) is 4.17. The van der Waals surface area contributed by atoms with Crippen molar-refractivity contribution >= 4 is 21.6 Å². The topological polar surface area (TPSA) is 75.7 Å². The van der Waals surface area contributed by atoms with Crippen LogP contribution in [0.2, 0.25) is 0 Å². The molecular weight excluding hydrogens is 400 g/mol. The van der Waals surface area contributed by atoms with Crippen LogP contribution in [0.5, 0.6) is 5.75 Å². The number of nitrogens with one attached hydrogen (secondary N) is 1. The standard InChI is InChI=1S/C23H28N2O4S/c1-16-3-7-19(8-4-16)25(30(27,28)21-11-9-20(29-2)10-12-21)15-23(26)24-22-14-17-5-6-18(22)13-17/h3-4,7-12,17-18,22H,5-6,13-15H2,1-2H3,(H,24,26). The molecule has 6 nitrogen and oxygen atoms in total. The maximum absolute atomic E-state index is 13.4. The lowest BCUT2D eigenvalue weighted by Gasteiger charge is -2.27. The van der Waals surface area contributed by atoms with E-state index in [1.165, 1.54) is 36.4 Å². The van der Waals surface area contributed by atoms with Crippen molar-refractivity contribution in [1.29, 1.82) is 0 Å². The molecule has 2 aliphatic carbocycles. The average molecular weight is 429 g/mol. The second kappa shape index (κ2) is 8.30. The van der Waals surface area contributed by atoms with Crippen molar-refractivity contribution in [1.82, 2.24) is 5.32 Å². The van der Waals surface area contributed by atoms with Crippen LogP contribution in [0.1, 0.15) is 31.2 Å². The predicted molar refractivity (Wildman–Crippen MR) is 116 cm³/mol. The molecule has 0 aromatic heterocycles. The highest BCUT2D eigenvalue weighted by Crippen LogP contribution is 2.44. The lowest BCUT2D eigenvalue weighted by atomic mass is 9.95. The molecule has 3 atom stereocenters. The minimum absolute atomic E-state index is 0.122. The van der Waals surface area contributed by atoms with E-state index in [1.807, 2.05) is 19.1 Å². The molecule has 4 rings (SSSR count). The molecule has 160 valence electrons. The molecule has 2 aromatic rings. The Morgan fingerprint density at radius 1 is 1.07 bits per heavy atom. The molecule has 2 aliphatic rings. The van der Waals surface area contributed by atoms with Gasteiger partial charge < -0.3 is 10.1 Å². The quantitative estimate of drug-likeness (QED) is 0.732. The third-order valence-electron chi connectivity index (χ3n) is 6.34. The number of fused-ring (bicyclic) bond motifs is 2. The summed E-state index contributed by atoms with van der Waals surface area (Å²) < 4.78 is 33.2. The van der Waals surface area contributed by atoms with E-state index in [1.54, 1.807) is 24.3 Å². The summed E-state index contributed by atoms with van der Waals surface area (Å²) in [5.41, 5.74) is 1.49. The second-order valence-electron chi connectivity index (χ2n) is 8.37. The van der Waals surface area contributed by atoms with Crippen LogP contribution in [-0.4, -0.2) is 34.0 Å². The molecule has 0 saturated heterocycles. The van der Waals surface area contributed by atoms with E-state index in [0.29, 0.717) is 23.3 Å². The number of carbonyl (C=O) groups is 1. The SMILES string of the molecule is COc1ccc(S(=O)(=O)N(CC(=O)NC2CC3CCC2C3)c2ccc(C)cc2)cc1. The maximum atomic E-state index is 13.4. The second-order valence-corrected chi connectivity index (χ2v) is 10.2. The minimum atomic E-state index is -3.91. The van der Waals surface area contributed by atoms with Gasteiger partial charge >= 0.3 is 0 Å². The average Bonchev–Trinajstić information content (AvgIpc) is 3.36. The molecule has 0 aliphatic heterocycles. The molecule has 0 spiro atoms. The molecule has 30 heavy (non-hydrogen) atoms. The van der Waals surface area contributed by atoms with Crippen LogP contribution < -0.4 is 14.4 Å². The number of sulfonamides is 1. The molecular formula is C23H28N2O4S. The van der Waals surface area contributed by atoms with Gasteiger partial charge in [-0.15, -0.1) is 0 Å². The number of ether oxygens (including phenoxy) is 1. The smallest absolute Gasteiger partial charge is 0.264 e. The van der Waals surface area contributed by atoms with Crippen LogP contribution >= 0.6 is 0 Å². The Morgan fingerprint density at radius 3 is 2.33 bits per heavy atom. The number of methoxy groups -OCH3 is 1. The normalized spacial score (nSPS) is 22.7. The molecule has 2 bridgehead atoms. The zero-order valence-corrected chi connectivity index (χ0v) is 18.2. The fourth-order valence-electron chi connectivity index (χ4n) is 4.71. The van der Waals surface area contributed by atoms with E-state index < -0.39 is 10.0 Å². The molecule has 7 heteroatoms. The molecule has 0 radical (unpaired) electrons. The van der Waals surface area contributed by atoms with Crippen molar-refractivity contribution in [3.05, 3.63) is 54.1 Å². The van der Waals surface area contributed by atoms with Crippen LogP contribution in [0.25, 0.3) is 0 Å². The number of anilines is 1. The highest BCUT2D eigenvalue weighted by atomic mass is 32.2. The van der Waals surface area contributed by atoms with E-state index >= 15 is 0 Å². The number of aryl methyl sites for hydroxylation is 1. The van der Waals surface area contributed by atoms with Gasteiger partial charge in [0.1, 0.15) is 12.3 Å². The number of benzene rings is 2. The Labute approximate surface area is 178 Å². The molecule has 3 unspecified atom stereocenters. The van der Waals surface area contributed by atoms with E-state index in [4.69, 9.17) is 4.74 Å². The van der Waals surface area contributed by atoms with Crippen molar-refractivity contribution < 1.29 is 17.9 Å². The van der Waals surface area contributed by atoms with Crippen molar-refractivity contribution in [3.8, 4) is 5.75 Å². The number of amides is 1. The number of carbonyl (C=O) groups excluding carboxylic acids is 1. The van der Waals surface area contributed by atoms with Crippen molar-refractivity contribution in [3.63, 3.8) is 0 Å². The monoisotopic (exact) mass is 428 g/mol. The highest BCUT2D eigenvalue weighted by Gasteiger charge is 2.40. The summed E-state index contributed by atoms with van der Waals surface area (Å²) in [4.78, 5) is 13.0. The summed E-state index contributed by atoms with van der Waals surface area (Å²) >= 11 is 0. The largest absolute Gasteiger partial charge is 0.497 e. The molecule has 2 aromatic carbocycles. The fourth-order valence-corrected chi connectivity index (χ4v) is 6.13. The van der Waals surface area contributed by atoms with E-state index in [-0.39, 0.29) is 23.4 Å². The first-order valence-corrected chi connectivity index (χ1v) is 11.8. The molecule has 1 N–H and O–H groups in total. The summed E-state index contributed by atoms with van der Waals surface area (Å²) in [5, 5.41) is 3.10. The summed E-state index contributed by atoms with van der Waals surface area (Å²) in [6.45, 7) is 1.69. The summed E-state index contributed by atoms with van der Waals surface area (Å²) in [6, 6.07) is 13.6. The zero-order valence-electron chi connectivity index (χ0n) is 17.4. The van der Waals surface area contributed by atoms with Crippen LogP contribution in [0.15, 0.2) is 53.4 Å². The van der Waals surface area contributed by atoms with E-state index in [0.717, 1.165) is 18.4 Å². The maximum Gasteiger partial charge on any atom is 0.264 e. The van der Waals surface area contributed by atoms with Gasteiger partial charge in [0.2, 0.25) is 5.91 Å². The van der Waals surface area contributed by atoms with Crippen molar-refractivity contribution in [2.24, 2.45) is 11.8 Å². The van der Waals surface area contributed by atoms with Gasteiger partial charge in [-0.2, -0.15) is 0 Å². The molecule has 2 saturated carbocycles. The Kier molecular flexibility index (Phi) is 5.73. The Morgan fingerprint density at radius 2 is 1.77 bits per heavy atom. The number of hydrogen-bond acceptors (Lipinski definition) is 4. The van der Waals surface area contributed by atoms with E-state index in [2.05, 4.69) is 5.32 Å². The van der Waals surface area contributed by atoms with Crippen LogP contribution in [0.3, 0.4) is 0 Å².